The number of carbonyl (C=O) groups is 1. The molecule has 1 aromatic rings. The van der Waals surface area contributed by atoms with Gasteiger partial charge in [0.15, 0.2) is 0 Å². The topological polar surface area (TPSA) is 92.5 Å². The summed E-state index contributed by atoms with van der Waals surface area (Å²) in [4.78, 5) is 12.7. The van der Waals surface area contributed by atoms with Crippen LogP contribution in [0, 0.1) is 11.8 Å². The average molecular weight is 380 g/mol. The van der Waals surface area contributed by atoms with Crippen molar-refractivity contribution >= 4 is 15.9 Å². The Kier molecular flexibility index (Phi) is 5.69. The molecule has 1 heterocycles. The van der Waals surface area contributed by atoms with Gasteiger partial charge in [-0.05, 0) is 44.1 Å². The van der Waals surface area contributed by atoms with Crippen LogP contribution in [-0.2, 0) is 20.6 Å². The maximum Gasteiger partial charge on any atom is 0.224 e. The normalized spacial score (nSPS) is 24.0. The molecule has 0 aromatic heterocycles. The molecule has 1 amide bonds. The second kappa shape index (κ2) is 7.66. The number of sulfonamides is 1. The van der Waals surface area contributed by atoms with Crippen LogP contribution in [-0.4, -0.2) is 43.8 Å². The average Bonchev–Trinajstić information content (AvgIpc) is 3.48. The Morgan fingerprint density at radius 3 is 2.58 bits per heavy atom. The van der Waals surface area contributed by atoms with Crippen molar-refractivity contribution < 1.29 is 13.2 Å². The molecule has 2 fully saturated rings. The molecule has 3 N–H and O–H groups in total. The van der Waals surface area contributed by atoms with Gasteiger partial charge in [0.25, 0.3) is 0 Å². The third-order valence-electron chi connectivity index (χ3n) is 5.65. The number of piperidine rings is 1. The van der Waals surface area contributed by atoms with Crippen LogP contribution in [0.1, 0.15) is 38.2 Å². The van der Waals surface area contributed by atoms with Gasteiger partial charge in [0.1, 0.15) is 0 Å². The number of benzene rings is 1. The molecule has 1 aliphatic carbocycles. The van der Waals surface area contributed by atoms with E-state index in [4.69, 9.17) is 5.73 Å². The molecule has 1 saturated carbocycles. The maximum atomic E-state index is 12.8. The van der Waals surface area contributed by atoms with Crippen molar-refractivity contribution in [2.75, 3.05) is 19.6 Å². The fourth-order valence-corrected chi connectivity index (χ4v) is 5.32. The van der Waals surface area contributed by atoms with E-state index in [-0.39, 0.29) is 29.7 Å². The summed E-state index contributed by atoms with van der Waals surface area (Å²) in [6.07, 6.45) is 3.61. The molecule has 1 saturated heterocycles. The molecule has 0 radical (unpaired) electrons. The highest BCUT2D eigenvalue weighted by Gasteiger charge is 2.43. The number of nitrogens with one attached hydrogen (secondary N) is 1. The van der Waals surface area contributed by atoms with E-state index >= 15 is 0 Å². The smallest absolute Gasteiger partial charge is 0.224 e. The lowest BCUT2D eigenvalue weighted by atomic mass is 9.92. The van der Waals surface area contributed by atoms with E-state index in [1.165, 1.54) is 4.31 Å². The second-order valence-electron chi connectivity index (χ2n) is 7.82. The van der Waals surface area contributed by atoms with E-state index in [2.05, 4.69) is 5.32 Å². The van der Waals surface area contributed by atoms with Crippen LogP contribution in [0.15, 0.2) is 30.3 Å². The summed E-state index contributed by atoms with van der Waals surface area (Å²) in [7, 11) is -3.43. The van der Waals surface area contributed by atoms with E-state index in [1.807, 2.05) is 37.3 Å². The van der Waals surface area contributed by atoms with Gasteiger partial charge in [-0.3, -0.25) is 4.79 Å². The molecule has 2 atom stereocenters. The van der Waals surface area contributed by atoms with Crippen LogP contribution in [0.4, 0.5) is 0 Å². The summed E-state index contributed by atoms with van der Waals surface area (Å²) >= 11 is 0. The van der Waals surface area contributed by atoms with Gasteiger partial charge >= 0.3 is 0 Å². The first kappa shape index (κ1) is 19.3. The lowest BCUT2D eigenvalue weighted by Gasteiger charge is -2.35. The monoisotopic (exact) mass is 379 g/mol. The SMILES string of the molecule is CC(CN)(NC(=O)C1CCCN(S(=O)(=O)Cc2ccccc2)C1)C1CC1. The number of nitrogens with zero attached hydrogens (tertiary/aromatic N) is 1. The molecular formula is C19H29N3O3S. The standard InChI is InChI=1S/C19H29N3O3S/c1-19(14-20,17-9-10-17)21-18(23)16-8-5-11-22(12-16)26(24,25)13-15-6-3-2-4-7-15/h2-4,6-7,16-17H,5,8-14,20H2,1H3,(H,21,23). The first-order chi connectivity index (χ1) is 12.3. The number of rotatable bonds is 7. The van der Waals surface area contributed by atoms with E-state index in [0.717, 1.165) is 18.4 Å². The highest BCUT2D eigenvalue weighted by atomic mass is 32.2. The molecule has 2 aliphatic rings. The Morgan fingerprint density at radius 2 is 1.96 bits per heavy atom. The van der Waals surface area contributed by atoms with Crippen LogP contribution < -0.4 is 11.1 Å². The third kappa shape index (κ3) is 4.45. The fraction of sp³-hybridized carbons (Fsp3) is 0.632. The van der Waals surface area contributed by atoms with Crippen LogP contribution in [0.3, 0.4) is 0 Å². The predicted molar refractivity (Wildman–Crippen MR) is 102 cm³/mol. The lowest BCUT2D eigenvalue weighted by Crippen LogP contribution is -2.56. The Bertz CT molecular complexity index is 734. The summed E-state index contributed by atoms with van der Waals surface area (Å²) < 4.78 is 27.0. The zero-order valence-corrected chi connectivity index (χ0v) is 16.2. The Labute approximate surface area is 156 Å². The van der Waals surface area contributed by atoms with Crippen molar-refractivity contribution in [3.63, 3.8) is 0 Å². The zero-order valence-electron chi connectivity index (χ0n) is 15.4. The van der Waals surface area contributed by atoms with Crippen molar-refractivity contribution in [1.82, 2.24) is 9.62 Å². The molecule has 3 rings (SSSR count). The minimum atomic E-state index is -3.43. The number of hydrogen-bond acceptors (Lipinski definition) is 4. The maximum absolute atomic E-state index is 12.8. The molecule has 0 spiro atoms. The van der Waals surface area contributed by atoms with Crippen molar-refractivity contribution in [3.05, 3.63) is 35.9 Å². The van der Waals surface area contributed by atoms with Crippen LogP contribution >= 0.6 is 0 Å². The van der Waals surface area contributed by atoms with E-state index in [1.54, 1.807) is 0 Å². The van der Waals surface area contributed by atoms with Gasteiger partial charge in [-0.2, -0.15) is 0 Å². The zero-order chi connectivity index (χ0) is 18.8. The van der Waals surface area contributed by atoms with Crippen LogP contribution in [0.25, 0.3) is 0 Å². The summed E-state index contributed by atoms with van der Waals surface area (Å²) in [5, 5.41) is 3.11. The quantitative estimate of drug-likeness (QED) is 0.750. The molecule has 7 heteroatoms. The molecule has 26 heavy (non-hydrogen) atoms. The van der Waals surface area contributed by atoms with Gasteiger partial charge < -0.3 is 11.1 Å². The first-order valence-corrected chi connectivity index (χ1v) is 11.0. The third-order valence-corrected chi connectivity index (χ3v) is 7.47. The first-order valence-electron chi connectivity index (χ1n) is 9.38. The molecular weight excluding hydrogens is 350 g/mol. The van der Waals surface area contributed by atoms with Crippen LogP contribution in [0.5, 0.6) is 0 Å². The minimum Gasteiger partial charge on any atom is -0.349 e. The van der Waals surface area contributed by atoms with E-state index in [0.29, 0.717) is 31.8 Å². The van der Waals surface area contributed by atoms with Crippen LogP contribution in [0.2, 0.25) is 0 Å². The molecule has 1 aromatic carbocycles. The Hall–Kier alpha value is -1.44. The van der Waals surface area contributed by atoms with Gasteiger partial charge in [-0.15, -0.1) is 0 Å². The van der Waals surface area contributed by atoms with Crippen molar-refractivity contribution in [2.45, 2.75) is 43.9 Å². The lowest BCUT2D eigenvalue weighted by molar-refractivity contribution is -0.128. The highest BCUT2D eigenvalue weighted by Crippen LogP contribution is 2.39. The summed E-state index contributed by atoms with van der Waals surface area (Å²) in [5.41, 5.74) is 6.28. The van der Waals surface area contributed by atoms with Crippen molar-refractivity contribution in [3.8, 4) is 0 Å². The van der Waals surface area contributed by atoms with Crippen molar-refractivity contribution in [2.24, 2.45) is 17.6 Å². The van der Waals surface area contributed by atoms with Gasteiger partial charge in [0.2, 0.25) is 15.9 Å². The van der Waals surface area contributed by atoms with Crippen molar-refractivity contribution in [1.29, 1.82) is 0 Å². The summed E-state index contributed by atoms with van der Waals surface area (Å²) in [5.74, 6) is 0.0476. The van der Waals surface area contributed by atoms with Gasteiger partial charge in [-0.1, -0.05) is 30.3 Å². The molecule has 6 nitrogen and oxygen atoms in total. The Morgan fingerprint density at radius 1 is 1.27 bits per heavy atom. The number of amides is 1. The van der Waals surface area contributed by atoms with E-state index in [9.17, 15) is 13.2 Å². The fourth-order valence-electron chi connectivity index (χ4n) is 3.71. The predicted octanol–water partition coefficient (Wildman–Crippen LogP) is 1.47. The second-order valence-corrected chi connectivity index (χ2v) is 9.79. The van der Waals surface area contributed by atoms with Gasteiger partial charge in [-0.25, -0.2) is 12.7 Å². The van der Waals surface area contributed by atoms with E-state index < -0.39 is 10.0 Å². The number of carbonyl (C=O) groups excluding carboxylic acids is 1. The molecule has 1 aliphatic heterocycles. The molecule has 2 unspecified atom stereocenters. The Balaban J connectivity index is 1.64. The summed E-state index contributed by atoms with van der Waals surface area (Å²) in [6, 6.07) is 9.17. The minimum absolute atomic E-state index is 0.0230. The molecule has 0 bridgehead atoms. The number of nitrogens with two attached hydrogens (primary N) is 1. The largest absolute Gasteiger partial charge is 0.349 e. The van der Waals surface area contributed by atoms with Gasteiger partial charge in [0.05, 0.1) is 17.2 Å². The summed E-state index contributed by atoms with van der Waals surface area (Å²) in [6.45, 7) is 3.14. The molecule has 144 valence electrons. The van der Waals surface area contributed by atoms with Gasteiger partial charge in [0, 0.05) is 19.6 Å². The highest BCUT2D eigenvalue weighted by molar-refractivity contribution is 7.88. The number of hydrogen-bond donors (Lipinski definition) is 2.